The summed E-state index contributed by atoms with van der Waals surface area (Å²) in [7, 11) is 0. The van der Waals surface area contributed by atoms with Gasteiger partial charge in [-0.1, -0.05) is 13.0 Å². The predicted octanol–water partition coefficient (Wildman–Crippen LogP) is 3.26. The summed E-state index contributed by atoms with van der Waals surface area (Å²) >= 11 is 0. The molecule has 3 rings (SSSR count). The lowest BCUT2D eigenvalue weighted by atomic mass is 9.66. The van der Waals surface area contributed by atoms with Crippen LogP contribution in [-0.4, -0.2) is 32.9 Å². The van der Waals surface area contributed by atoms with E-state index >= 15 is 0 Å². The number of carbonyl (C=O) groups is 1. The average molecular weight is 328 g/mol. The number of rotatable bonds is 5. The lowest BCUT2D eigenvalue weighted by molar-refractivity contribution is 0.187. The van der Waals surface area contributed by atoms with Crippen molar-refractivity contribution in [2.45, 2.75) is 24.7 Å². The highest BCUT2D eigenvalue weighted by molar-refractivity contribution is 5.84. The van der Waals surface area contributed by atoms with Crippen molar-refractivity contribution in [1.29, 1.82) is 0 Å². The first-order chi connectivity index (χ1) is 11.6. The summed E-state index contributed by atoms with van der Waals surface area (Å²) in [6.45, 7) is 3.69. The minimum atomic E-state index is -1.15. The van der Waals surface area contributed by atoms with Gasteiger partial charge >= 0.3 is 6.09 Å². The largest absolute Gasteiger partial charge is 0.465 e. The van der Waals surface area contributed by atoms with Crippen molar-refractivity contribution in [1.82, 2.24) is 15.2 Å². The molecule has 0 bridgehead atoms. The Morgan fingerprint density at radius 1 is 1.38 bits per heavy atom. The molecule has 2 aromatic heterocycles. The molecule has 1 amide bonds. The van der Waals surface area contributed by atoms with Crippen LogP contribution >= 0.6 is 0 Å². The molecule has 1 saturated carbocycles. The second kappa shape index (κ2) is 6.35. The van der Waals surface area contributed by atoms with Crippen molar-refractivity contribution in [2.24, 2.45) is 0 Å². The van der Waals surface area contributed by atoms with Crippen molar-refractivity contribution in [2.75, 3.05) is 11.4 Å². The van der Waals surface area contributed by atoms with Crippen LogP contribution in [0.3, 0.4) is 0 Å². The molecule has 2 heterocycles. The van der Waals surface area contributed by atoms with Crippen molar-refractivity contribution in [3.8, 4) is 0 Å². The van der Waals surface area contributed by atoms with Gasteiger partial charge < -0.3 is 5.11 Å². The Morgan fingerprint density at radius 2 is 2.17 bits per heavy atom. The van der Waals surface area contributed by atoms with Crippen molar-refractivity contribution in [3.05, 3.63) is 54.2 Å². The molecule has 0 saturated heterocycles. The molecule has 1 fully saturated rings. The number of pyridine rings is 1. The second-order valence-corrected chi connectivity index (χ2v) is 5.86. The first-order valence-corrected chi connectivity index (χ1v) is 7.63. The molecular weight excluding hydrogens is 311 g/mol. The Bertz CT molecular complexity index is 759. The van der Waals surface area contributed by atoms with E-state index in [9.17, 15) is 14.3 Å². The fraction of sp³-hybridized carbons (Fsp3) is 0.294. The molecule has 1 aliphatic carbocycles. The molecule has 24 heavy (non-hydrogen) atoms. The Kier molecular flexibility index (Phi) is 4.24. The van der Waals surface area contributed by atoms with Gasteiger partial charge in [0.1, 0.15) is 5.82 Å². The molecule has 6 nitrogen and oxygen atoms in total. The van der Waals surface area contributed by atoms with E-state index in [2.05, 4.69) is 21.8 Å². The third kappa shape index (κ3) is 2.84. The number of amides is 1. The monoisotopic (exact) mass is 328 g/mol. The average Bonchev–Trinajstić information content (AvgIpc) is 2.55. The topological polar surface area (TPSA) is 79.2 Å². The summed E-state index contributed by atoms with van der Waals surface area (Å²) in [4.78, 5) is 17.0. The molecule has 0 spiro atoms. The minimum absolute atomic E-state index is 0.0956. The van der Waals surface area contributed by atoms with Crippen LogP contribution in [0.1, 0.15) is 30.7 Å². The Hall–Kier alpha value is -2.83. The predicted molar refractivity (Wildman–Crippen MR) is 87.2 cm³/mol. The van der Waals surface area contributed by atoms with Gasteiger partial charge in [0.15, 0.2) is 5.82 Å². The van der Waals surface area contributed by atoms with Crippen LogP contribution < -0.4 is 4.90 Å². The smallest absolute Gasteiger partial charge is 0.413 e. The quantitative estimate of drug-likeness (QED) is 0.911. The number of aromatic nitrogens is 3. The molecule has 2 aromatic rings. The fourth-order valence-corrected chi connectivity index (χ4v) is 2.99. The lowest BCUT2D eigenvalue weighted by Gasteiger charge is -2.43. The van der Waals surface area contributed by atoms with Crippen molar-refractivity contribution < 1.29 is 14.3 Å². The molecule has 0 atom stereocenters. The third-order valence-corrected chi connectivity index (χ3v) is 4.42. The minimum Gasteiger partial charge on any atom is -0.465 e. The molecule has 0 radical (unpaired) electrons. The Balaban J connectivity index is 1.93. The number of halogens is 1. The standard InChI is InChI=1S/C17H17FN4O2/c1-2-12-6-7-14(21-20-12)22(16(23)24)11-17(8-4-9-17)15-13(18)5-3-10-19-15/h2-3,5-7,10H,1,4,8-9,11H2,(H,23,24). The van der Waals surface area contributed by atoms with Crippen LogP contribution in [-0.2, 0) is 5.41 Å². The van der Waals surface area contributed by atoms with Crippen LogP contribution in [0.4, 0.5) is 15.0 Å². The van der Waals surface area contributed by atoms with Gasteiger partial charge in [-0.3, -0.25) is 9.88 Å². The zero-order valence-corrected chi connectivity index (χ0v) is 13.0. The summed E-state index contributed by atoms with van der Waals surface area (Å²) in [6, 6.07) is 6.09. The van der Waals surface area contributed by atoms with Crippen LogP contribution in [0.5, 0.6) is 0 Å². The van der Waals surface area contributed by atoms with Gasteiger partial charge in [-0.15, -0.1) is 10.2 Å². The van der Waals surface area contributed by atoms with Crippen molar-refractivity contribution in [3.63, 3.8) is 0 Å². The molecule has 0 aromatic carbocycles. The van der Waals surface area contributed by atoms with Gasteiger partial charge in [-0.25, -0.2) is 9.18 Å². The maximum absolute atomic E-state index is 14.2. The first-order valence-electron chi connectivity index (χ1n) is 7.63. The molecule has 1 aliphatic rings. The number of hydrogen-bond donors (Lipinski definition) is 1. The van der Waals surface area contributed by atoms with Crippen LogP contribution in [0.25, 0.3) is 6.08 Å². The molecule has 124 valence electrons. The molecule has 7 heteroatoms. The van der Waals surface area contributed by atoms with Gasteiger partial charge in [0, 0.05) is 18.2 Å². The summed E-state index contributed by atoms with van der Waals surface area (Å²) in [5.41, 5.74) is 0.249. The van der Waals surface area contributed by atoms with E-state index in [4.69, 9.17) is 0 Å². The number of carboxylic acid groups (broad SMARTS) is 1. The maximum Gasteiger partial charge on any atom is 0.413 e. The Morgan fingerprint density at radius 3 is 2.67 bits per heavy atom. The van der Waals surface area contributed by atoms with E-state index in [-0.39, 0.29) is 12.4 Å². The number of nitrogens with zero attached hydrogens (tertiary/aromatic N) is 4. The second-order valence-electron chi connectivity index (χ2n) is 5.86. The number of anilines is 1. The summed E-state index contributed by atoms with van der Waals surface area (Å²) < 4.78 is 14.2. The summed E-state index contributed by atoms with van der Waals surface area (Å²) in [6.07, 6.45) is 4.18. The normalized spacial score (nSPS) is 15.4. The van der Waals surface area contributed by atoms with Crippen molar-refractivity contribution >= 4 is 18.0 Å². The van der Waals surface area contributed by atoms with Gasteiger partial charge in [0.2, 0.25) is 0 Å². The Labute approximate surface area is 138 Å². The SMILES string of the molecule is C=Cc1ccc(N(CC2(c3ncccc3F)CCC2)C(=O)O)nn1. The molecule has 0 aliphatic heterocycles. The van der Waals surface area contributed by atoms with E-state index < -0.39 is 17.3 Å². The van der Waals surface area contributed by atoms with E-state index in [1.807, 2.05) is 0 Å². The van der Waals surface area contributed by atoms with Crippen LogP contribution in [0, 0.1) is 5.82 Å². The van der Waals surface area contributed by atoms with E-state index in [1.54, 1.807) is 12.1 Å². The van der Waals surface area contributed by atoms with Crippen LogP contribution in [0.2, 0.25) is 0 Å². The van der Waals surface area contributed by atoms with Gasteiger partial charge in [0.25, 0.3) is 0 Å². The first kappa shape index (κ1) is 16.0. The zero-order chi connectivity index (χ0) is 17.2. The van der Waals surface area contributed by atoms with Crippen LogP contribution in [0.15, 0.2) is 37.0 Å². The number of hydrogen-bond acceptors (Lipinski definition) is 4. The highest BCUT2D eigenvalue weighted by atomic mass is 19.1. The summed E-state index contributed by atoms with van der Waals surface area (Å²) in [5, 5.41) is 17.4. The molecular formula is C17H17FN4O2. The molecule has 0 unspecified atom stereocenters. The van der Waals surface area contributed by atoms with E-state index in [0.717, 1.165) is 11.3 Å². The lowest BCUT2D eigenvalue weighted by Crippen LogP contribution is -2.49. The van der Waals surface area contributed by atoms with Gasteiger partial charge in [0.05, 0.1) is 11.4 Å². The van der Waals surface area contributed by atoms with E-state index in [0.29, 0.717) is 24.2 Å². The third-order valence-electron chi connectivity index (χ3n) is 4.42. The van der Waals surface area contributed by atoms with Gasteiger partial charge in [-0.2, -0.15) is 0 Å². The van der Waals surface area contributed by atoms with E-state index in [1.165, 1.54) is 24.4 Å². The maximum atomic E-state index is 14.2. The highest BCUT2D eigenvalue weighted by Gasteiger charge is 2.44. The van der Waals surface area contributed by atoms with Gasteiger partial charge in [-0.05, 0) is 43.2 Å². The molecule has 1 N–H and O–H groups in total. The zero-order valence-electron chi connectivity index (χ0n) is 13.0. The summed E-state index contributed by atoms with van der Waals surface area (Å²) in [5.74, 6) is -0.202. The fourth-order valence-electron chi connectivity index (χ4n) is 2.99. The highest BCUT2D eigenvalue weighted by Crippen LogP contribution is 2.44.